The molecule has 0 N–H and O–H groups in total. The van der Waals surface area contributed by atoms with Crippen molar-refractivity contribution in [2.75, 3.05) is 0 Å². The van der Waals surface area contributed by atoms with Gasteiger partial charge in [-0.15, -0.1) is 0 Å². The molecule has 0 fully saturated rings. The lowest BCUT2D eigenvalue weighted by molar-refractivity contribution is 0.427. The van der Waals surface area contributed by atoms with Crippen molar-refractivity contribution < 1.29 is 8.78 Å². The molecule has 0 nitrogen and oxygen atoms in total. The first-order valence-electron chi connectivity index (χ1n) is 8.83. The van der Waals surface area contributed by atoms with Gasteiger partial charge in [0.25, 0.3) is 0 Å². The summed E-state index contributed by atoms with van der Waals surface area (Å²) in [6.07, 6.45) is 11.7. The predicted octanol–water partition coefficient (Wildman–Crippen LogP) is 6.68. The molecular formula is C20H28F2. The molecule has 1 aromatic rings. The average molecular weight is 306 g/mol. The van der Waals surface area contributed by atoms with Crippen molar-refractivity contribution in [3.63, 3.8) is 0 Å². The minimum atomic E-state index is -0.651. The molecule has 0 aromatic heterocycles. The third kappa shape index (κ3) is 4.18. The molecule has 2 rings (SSSR count). The Morgan fingerprint density at radius 3 is 2.50 bits per heavy atom. The van der Waals surface area contributed by atoms with Crippen molar-refractivity contribution in [3.05, 3.63) is 41.0 Å². The third-order valence-electron chi connectivity index (χ3n) is 4.76. The second kappa shape index (κ2) is 8.45. The zero-order valence-corrected chi connectivity index (χ0v) is 13.9. The van der Waals surface area contributed by atoms with Gasteiger partial charge in [-0.2, -0.15) is 0 Å². The summed E-state index contributed by atoms with van der Waals surface area (Å²) in [4.78, 5) is 0. The van der Waals surface area contributed by atoms with Crippen LogP contribution in [0.3, 0.4) is 0 Å². The molecule has 0 spiro atoms. The lowest BCUT2D eigenvalue weighted by Gasteiger charge is -2.22. The van der Waals surface area contributed by atoms with Crippen LogP contribution in [0.2, 0.25) is 0 Å². The van der Waals surface area contributed by atoms with Crippen LogP contribution in [0.25, 0.3) is 5.57 Å². The fourth-order valence-corrected chi connectivity index (χ4v) is 3.38. The monoisotopic (exact) mass is 306 g/mol. The molecule has 1 aliphatic rings. The van der Waals surface area contributed by atoms with Crippen LogP contribution in [0.5, 0.6) is 0 Å². The number of halogens is 2. The molecule has 0 amide bonds. The van der Waals surface area contributed by atoms with Crippen LogP contribution < -0.4 is 0 Å². The highest BCUT2D eigenvalue weighted by atomic mass is 19.2. The minimum Gasteiger partial charge on any atom is -0.203 e. The summed E-state index contributed by atoms with van der Waals surface area (Å²) in [5.74, 6) is -0.575. The third-order valence-corrected chi connectivity index (χ3v) is 4.76. The zero-order chi connectivity index (χ0) is 15.9. The van der Waals surface area contributed by atoms with Gasteiger partial charge < -0.3 is 0 Å². The number of hydrogen-bond acceptors (Lipinski definition) is 0. The Morgan fingerprint density at radius 1 is 1.05 bits per heavy atom. The fourth-order valence-electron chi connectivity index (χ4n) is 3.38. The van der Waals surface area contributed by atoms with E-state index in [1.54, 1.807) is 12.1 Å². The Labute approximate surface area is 133 Å². The van der Waals surface area contributed by atoms with E-state index in [9.17, 15) is 8.78 Å². The predicted molar refractivity (Wildman–Crippen MR) is 89.8 cm³/mol. The molecule has 0 saturated heterocycles. The molecule has 0 saturated carbocycles. The van der Waals surface area contributed by atoms with Gasteiger partial charge in [-0.3, -0.25) is 0 Å². The Kier molecular flexibility index (Phi) is 6.60. The zero-order valence-electron chi connectivity index (χ0n) is 13.9. The number of hydrogen-bond donors (Lipinski definition) is 0. The first-order chi connectivity index (χ1) is 10.7. The van der Waals surface area contributed by atoms with E-state index in [4.69, 9.17) is 0 Å². The normalized spacial score (nSPS) is 18.4. The highest BCUT2D eigenvalue weighted by Gasteiger charge is 2.20. The number of unbranched alkanes of at least 4 members (excludes halogenated alkanes) is 2. The maximum absolute atomic E-state index is 14.3. The molecule has 122 valence electrons. The quantitative estimate of drug-likeness (QED) is 0.493. The van der Waals surface area contributed by atoms with Gasteiger partial charge in [0.05, 0.1) is 0 Å². The van der Waals surface area contributed by atoms with Crippen molar-refractivity contribution in [1.82, 2.24) is 0 Å². The molecule has 0 aliphatic heterocycles. The van der Waals surface area contributed by atoms with E-state index in [1.807, 2.05) is 6.92 Å². The second-order valence-corrected chi connectivity index (χ2v) is 6.52. The second-order valence-electron chi connectivity index (χ2n) is 6.52. The summed E-state index contributed by atoms with van der Waals surface area (Å²) in [5.41, 5.74) is 1.97. The molecule has 1 atom stereocenters. The number of aryl methyl sites for hydroxylation is 1. The molecule has 22 heavy (non-hydrogen) atoms. The van der Waals surface area contributed by atoms with Crippen LogP contribution in [0.15, 0.2) is 18.2 Å². The van der Waals surface area contributed by atoms with E-state index in [0.717, 1.165) is 37.2 Å². The highest BCUT2D eigenvalue weighted by molar-refractivity contribution is 5.67. The van der Waals surface area contributed by atoms with E-state index in [1.165, 1.54) is 25.7 Å². The number of allylic oxidation sites excluding steroid dienone is 2. The van der Waals surface area contributed by atoms with Crippen molar-refractivity contribution in [3.8, 4) is 0 Å². The smallest absolute Gasteiger partial charge is 0.166 e. The molecule has 1 aliphatic carbocycles. The van der Waals surface area contributed by atoms with Crippen LogP contribution in [0.4, 0.5) is 8.78 Å². The van der Waals surface area contributed by atoms with Crippen molar-refractivity contribution in [2.45, 2.75) is 71.6 Å². The lowest BCUT2D eigenvalue weighted by Crippen LogP contribution is -2.07. The molecule has 2 heteroatoms. The van der Waals surface area contributed by atoms with Gasteiger partial charge in [0, 0.05) is 5.56 Å². The number of rotatable bonds is 7. The van der Waals surface area contributed by atoms with E-state index >= 15 is 0 Å². The van der Waals surface area contributed by atoms with Crippen LogP contribution in [0.1, 0.15) is 76.3 Å². The Balaban J connectivity index is 2.05. The van der Waals surface area contributed by atoms with E-state index in [2.05, 4.69) is 13.0 Å². The van der Waals surface area contributed by atoms with Crippen molar-refractivity contribution in [2.24, 2.45) is 5.92 Å². The van der Waals surface area contributed by atoms with Gasteiger partial charge in [-0.05, 0) is 42.7 Å². The maximum Gasteiger partial charge on any atom is 0.166 e. The first kappa shape index (κ1) is 17.2. The lowest BCUT2D eigenvalue weighted by atomic mass is 9.83. The molecular weight excluding hydrogens is 278 g/mol. The highest BCUT2D eigenvalue weighted by Crippen LogP contribution is 2.34. The Morgan fingerprint density at radius 2 is 1.86 bits per heavy atom. The van der Waals surface area contributed by atoms with Gasteiger partial charge in [-0.1, -0.05) is 64.2 Å². The minimum absolute atomic E-state index is 0.476. The van der Waals surface area contributed by atoms with Gasteiger partial charge in [-0.25, -0.2) is 8.78 Å². The van der Waals surface area contributed by atoms with Crippen LogP contribution >= 0.6 is 0 Å². The topological polar surface area (TPSA) is 0 Å². The SMILES string of the molecule is CCCCCC1CC=C(c2ccc(CCC)c(F)c2F)CC1. The summed E-state index contributed by atoms with van der Waals surface area (Å²) in [5, 5.41) is 0. The van der Waals surface area contributed by atoms with Crippen molar-refractivity contribution >= 4 is 5.57 Å². The van der Waals surface area contributed by atoms with Gasteiger partial charge in [0.1, 0.15) is 0 Å². The molecule has 0 bridgehead atoms. The number of benzene rings is 1. The van der Waals surface area contributed by atoms with Crippen molar-refractivity contribution in [1.29, 1.82) is 0 Å². The summed E-state index contributed by atoms with van der Waals surface area (Å²) in [7, 11) is 0. The fraction of sp³-hybridized carbons (Fsp3) is 0.600. The van der Waals surface area contributed by atoms with Crippen LogP contribution in [0, 0.1) is 17.6 Å². The van der Waals surface area contributed by atoms with E-state index in [0.29, 0.717) is 17.5 Å². The Hall–Kier alpha value is -1.18. The van der Waals surface area contributed by atoms with Crippen LogP contribution in [-0.4, -0.2) is 0 Å². The summed E-state index contributed by atoms with van der Waals surface area (Å²) in [6, 6.07) is 3.53. The average Bonchev–Trinajstić information content (AvgIpc) is 2.53. The largest absolute Gasteiger partial charge is 0.203 e. The van der Waals surface area contributed by atoms with E-state index < -0.39 is 11.6 Å². The first-order valence-corrected chi connectivity index (χ1v) is 8.83. The molecule has 0 heterocycles. The molecule has 1 unspecified atom stereocenters. The van der Waals surface area contributed by atoms with Gasteiger partial charge in [0.2, 0.25) is 0 Å². The Bertz CT molecular complexity index is 517. The standard InChI is InChI=1S/C20H28F2/c1-3-5-6-8-15-9-11-16(12-10-15)18-14-13-17(7-4-2)19(21)20(18)22/h11,13-15H,3-10,12H2,1-2H3. The molecule has 0 radical (unpaired) electrons. The molecule has 1 aromatic carbocycles. The van der Waals surface area contributed by atoms with E-state index in [-0.39, 0.29) is 0 Å². The van der Waals surface area contributed by atoms with Gasteiger partial charge >= 0.3 is 0 Å². The van der Waals surface area contributed by atoms with Gasteiger partial charge in [0.15, 0.2) is 11.6 Å². The summed E-state index contributed by atoms with van der Waals surface area (Å²) < 4.78 is 28.4. The summed E-state index contributed by atoms with van der Waals surface area (Å²) >= 11 is 0. The van der Waals surface area contributed by atoms with Crippen LogP contribution in [-0.2, 0) is 6.42 Å². The summed E-state index contributed by atoms with van der Waals surface area (Å²) in [6.45, 7) is 4.20. The maximum atomic E-state index is 14.3.